The van der Waals surface area contributed by atoms with Crippen LogP contribution in [0.4, 0.5) is 10.5 Å². The maximum Gasteiger partial charge on any atom is 0.330 e. The maximum absolute atomic E-state index is 12.4. The number of hydrogen-bond acceptors (Lipinski definition) is 3. The van der Waals surface area contributed by atoms with Gasteiger partial charge in [-0.25, -0.2) is 9.59 Å². The van der Waals surface area contributed by atoms with E-state index in [2.05, 4.69) is 17.6 Å². The fraction of sp³-hybridized carbons (Fsp3) is 0.500. The SMILES string of the molecule is Cn1c(=O)c2ccc(NC(=O)NC3(C4(C)CC4)CC3)cc2n(C)c1=O. The largest absolute Gasteiger partial charge is 0.332 e. The molecule has 2 amide bonds. The molecule has 2 N–H and O–H groups in total. The monoisotopic (exact) mass is 342 g/mol. The van der Waals surface area contributed by atoms with Gasteiger partial charge in [0.1, 0.15) is 0 Å². The fourth-order valence-corrected chi connectivity index (χ4v) is 3.71. The number of aryl methyl sites for hydroxylation is 1. The lowest BCUT2D eigenvalue weighted by Crippen LogP contribution is -2.44. The van der Waals surface area contributed by atoms with Crippen molar-refractivity contribution in [1.82, 2.24) is 14.5 Å². The van der Waals surface area contributed by atoms with E-state index in [4.69, 9.17) is 0 Å². The number of nitrogens with zero attached hydrogens (tertiary/aromatic N) is 2. The Hall–Kier alpha value is -2.57. The molecular weight excluding hydrogens is 320 g/mol. The highest BCUT2D eigenvalue weighted by Gasteiger charge is 2.63. The number of urea groups is 1. The van der Waals surface area contributed by atoms with Gasteiger partial charge < -0.3 is 10.6 Å². The van der Waals surface area contributed by atoms with Crippen molar-refractivity contribution >= 4 is 22.6 Å². The molecular formula is C18H22N4O3. The number of aromatic nitrogens is 2. The molecule has 2 aliphatic rings. The zero-order chi connectivity index (χ0) is 18.0. The summed E-state index contributed by atoms with van der Waals surface area (Å²) >= 11 is 0. The summed E-state index contributed by atoms with van der Waals surface area (Å²) in [5.41, 5.74) is 0.511. The summed E-state index contributed by atoms with van der Waals surface area (Å²) in [6.45, 7) is 2.22. The lowest BCUT2D eigenvalue weighted by atomic mass is 9.96. The van der Waals surface area contributed by atoms with Crippen molar-refractivity contribution in [3.05, 3.63) is 39.0 Å². The van der Waals surface area contributed by atoms with Crippen LogP contribution >= 0.6 is 0 Å². The molecule has 1 aromatic heterocycles. The second-order valence-electron chi connectivity index (χ2n) is 7.66. The highest BCUT2D eigenvalue weighted by atomic mass is 16.2. The van der Waals surface area contributed by atoms with E-state index < -0.39 is 5.69 Å². The fourth-order valence-electron chi connectivity index (χ4n) is 3.71. The number of fused-ring (bicyclic) bond motifs is 1. The minimum Gasteiger partial charge on any atom is -0.332 e. The van der Waals surface area contributed by atoms with E-state index in [1.807, 2.05) is 0 Å². The van der Waals surface area contributed by atoms with Crippen LogP contribution in [0.5, 0.6) is 0 Å². The van der Waals surface area contributed by atoms with Gasteiger partial charge >= 0.3 is 11.7 Å². The second kappa shape index (κ2) is 4.97. The summed E-state index contributed by atoms with van der Waals surface area (Å²) in [6.07, 6.45) is 4.38. The average Bonchev–Trinajstić information content (AvgIpc) is 3.49. The van der Waals surface area contributed by atoms with Gasteiger partial charge in [-0.3, -0.25) is 13.9 Å². The smallest absolute Gasteiger partial charge is 0.330 e. The van der Waals surface area contributed by atoms with E-state index in [9.17, 15) is 14.4 Å². The topological polar surface area (TPSA) is 85.1 Å². The Morgan fingerprint density at radius 2 is 1.76 bits per heavy atom. The summed E-state index contributed by atoms with van der Waals surface area (Å²) in [5, 5.41) is 6.41. The standard InChI is InChI=1S/C18H22N4O3/c1-17(6-7-17)18(8-9-18)20-15(24)19-11-4-5-12-13(10-11)21(2)16(25)22(3)14(12)23/h4-5,10H,6-9H2,1-3H3,(H2,19,20,24). The Morgan fingerprint density at radius 3 is 2.36 bits per heavy atom. The first kappa shape index (κ1) is 15.9. The van der Waals surface area contributed by atoms with E-state index in [0.29, 0.717) is 16.6 Å². The molecule has 0 saturated heterocycles. The van der Waals surface area contributed by atoms with Crippen LogP contribution in [-0.2, 0) is 14.1 Å². The Balaban J connectivity index is 1.61. The molecule has 0 aliphatic heterocycles. The third-order valence-corrected chi connectivity index (χ3v) is 5.98. The van der Waals surface area contributed by atoms with Crippen LogP contribution in [0.2, 0.25) is 0 Å². The molecule has 0 radical (unpaired) electrons. The van der Waals surface area contributed by atoms with Crippen molar-refractivity contribution in [1.29, 1.82) is 0 Å². The number of hydrogen-bond donors (Lipinski definition) is 2. The number of amides is 2. The van der Waals surface area contributed by atoms with Crippen LogP contribution in [0.1, 0.15) is 32.6 Å². The number of rotatable bonds is 3. The van der Waals surface area contributed by atoms with E-state index >= 15 is 0 Å². The maximum atomic E-state index is 12.4. The van der Waals surface area contributed by atoms with Crippen molar-refractivity contribution in [3.63, 3.8) is 0 Å². The number of carbonyl (C=O) groups excluding carboxylic acids is 1. The predicted octanol–water partition coefficient (Wildman–Crippen LogP) is 1.69. The lowest BCUT2D eigenvalue weighted by molar-refractivity contribution is 0.238. The van der Waals surface area contributed by atoms with E-state index in [-0.39, 0.29) is 22.5 Å². The van der Waals surface area contributed by atoms with Crippen LogP contribution < -0.4 is 21.9 Å². The molecule has 132 valence electrons. The van der Waals surface area contributed by atoms with Crippen LogP contribution in [0.25, 0.3) is 10.9 Å². The highest BCUT2D eigenvalue weighted by Crippen LogP contribution is 2.63. The van der Waals surface area contributed by atoms with Crippen molar-refractivity contribution in [2.45, 2.75) is 38.1 Å². The highest BCUT2D eigenvalue weighted by molar-refractivity contribution is 5.93. The quantitative estimate of drug-likeness (QED) is 0.890. The number of benzene rings is 1. The number of anilines is 1. The first-order valence-corrected chi connectivity index (χ1v) is 8.55. The molecule has 2 saturated carbocycles. The number of nitrogens with one attached hydrogen (secondary N) is 2. The molecule has 2 fully saturated rings. The van der Waals surface area contributed by atoms with Gasteiger partial charge in [0.05, 0.1) is 10.9 Å². The van der Waals surface area contributed by atoms with Gasteiger partial charge in [0.25, 0.3) is 5.56 Å². The Labute approximate surface area is 144 Å². The number of carbonyl (C=O) groups is 1. The van der Waals surface area contributed by atoms with Gasteiger partial charge in [-0.05, 0) is 49.3 Å². The molecule has 1 heterocycles. The summed E-state index contributed by atoms with van der Waals surface area (Å²) in [7, 11) is 3.07. The van der Waals surface area contributed by atoms with Crippen LogP contribution in [0, 0.1) is 5.41 Å². The molecule has 0 atom stereocenters. The molecule has 2 aromatic rings. The second-order valence-corrected chi connectivity index (χ2v) is 7.66. The molecule has 4 rings (SSSR count). The first-order valence-electron chi connectivity index (χ1n) is 8.55. The lowest BCUT2D eigenvalue weighted by Gasteiger charge is -2.24. The zero-order valence-corrected chi connectivity index (χ0v) is 14.7. The molecule has 1 aromatic carbocycles. The zero-order valence-electron chi connectivity index (χ0n) is 14.7. The van der Waals surface area contributed by atoms with Crippen LogP contribution in [0.3, 0.4) is 0 Å². The van der Waals surface area contributed by atoms with Gasteiger partial charge in [0.15, 0.2) is 0 Å². The first-order chi connectivity index (χ1) is 11.8. The Kier molecular flexibility index (Phi) is 3.17. The molecule has 0 spiro atoms. The third kappa shape index (κ3) is 2.37. The summed E-state index contributed by atoms with van der Waals surface area (Å²) < 4.78 is 2.49. The molecule has 7 nitrogen and oxygen atoms in total. The van der Waals surface area contributed by atoms with Gasteiger partial charge in [-0.15, -0.1) is 0 Å². The predicted molar refractivity (Wildman–Crippen MR) is 95.9 cm³/mol. The normalized spacial score (nSPS) is 19.5. The molecule has 7 heteroatoms. The molecule has 0 unspecified atom stereocenters. The van der Waals surface area contributed by atoms with Crippen molar-refractivity contribution in [2.75, 3.05) is 5.32 Å². The van der Waals surface area contributed by atoms with E-state index in [0.717, 1.165) is 30.3 Å². The molecule has 0 bridgehead atoms. The van der Waals surface area contributed by atoms with Gasteiger partial charge in [-0.2, -0.15) is 0 Å². The Bertz CT molecular complexity index is 1010. The van der Waals surface area contributed by atoms with E-state index in [1.54, 1.807) is 25.2 Å². The molecule has 2 aliphatic carbocycles. The van der Waals surface area contributed by atoms with Crippen molar-refractivity contribution in [3.8, 4) is 0 Å². The van der Waals surface area contributed by atoms with E-state index in [1.165, 1.54) is 11.6 Å². The summed E-state index contributed by atoms with van der Waals surface area (Å²) in [4.78, 5) is 36.7. The van der Waals surface area contributed by atoms with Gasteiger partial charge in [0, 0.05) is 25.3 Å². The van der Waals surface area contributed by atoms with Crippen LogP contribution in [-0.4, -0.2) is 20.7 Å². The van der Waals surface area contributed by atoms with Gasteiger partial charge in [0.2, 0.25) is 0 Å². The van der Waals surface area contributed by atoms with Crippen LogP contribution in [0.15, 0.2) is 27.8 Å². The minimum absolute atomic E-state index is 0.0588. The van der Waals surface area contributed by atoms with Crippen molar-refractivity contribution in [2.24, 2.45) is 19.5 Å². The minimum atomic E-state index is -0.391. The molecule has 25 heavy (non-hydrogen) atoms. The van der Waals surface area contributed by atoms with Crippen molar-refractivity contribution < 1.29 is 4.79 Å². The van der Waals surface area contributed by atoms with Gasteiger partial charge in [-0.1, -0.05) is 6.92 Å². The summed E-state index contributed by atoms with van der Waals surface area (Å²) in [5.74, 6) is 0. The average molecular weight is 342 g/mol. The Morgan fingerprint density at radius 1 is 1.08 bits per heavy atom. The summed E-state index contributed by atoms with van der Waals surface area (Å²) in [6, 6.07) is 4.75. The third-order valence-electron chi connectivity index (χ3n) is 5.98.